The summed E-state index contributed by atoms with van der Waals surface area (Å²) in [4.78, 5) is 17.3. The molecule has 1 atom stereocenters. The maximum atomic E-state index is 12.7. The number of benzene rings is 3. The lowest BCUT2D eigenvalue weighted by atomic mass is 10.2. The van der Waals surface area contributed by atoms with Gasteiger partial charge in [-0.3, -0.25) is 9.36 Å². The van der Waals surface area contributed by atoms with Crippen LogP contribution in [0.3, 0.4) is 0 Å². The molecule has 1 aromatic heterocycles. The topological polar surface area (TPSA) is 56.1 Å². The van der Waals surface area contributed by atoms with Crippen molar-refractivity contribution in [3.63, 3.8) is 0 Å². The normalized spacial score (nSPS) is 12.0. The van der Waals surface area contributed by atoms with Crippen LogP contribution in [-0.2, 0) is 11.3 Å². The zero-order valence-corrected chi connectivity index (χ0v) is 17.6. The number of amides is 1. The van der Waals surface area contributed by atoms with Crippen molar-refractivity contribution >= 4 is 34.2 Å². The van der Waals surface area contributed by atoms with Crippen LogP contribution in [0.25, 0.3) is 11.0 Å². The first-order valence-electron chi connectivity index (χ1n) is 9.74. The minimum absolute atomic E-state index is 0.293. The first kappa shape index (κ1) is 20.0. The first-order chi connectivity index (χ1) is 14.5. The predicted molar refractivity (Wildman–Crippen MR) is 120 cm³/mol. The van der Waals surface area contributed by atoms with Gasteiger partial charge < -0.3 is 10.1 Å². The molecule has 0 aliphatic rings. The number of nitrogens with one attached hydrogen (secondary N) is 1. The number of aromatic nitrogens is 2. The number of fused-ring (bicyclic) bond motifs is 1. The average Bonchev–Trinajstić information content (AvgIpc) is 3.08. The quantitative estimate of drug-likeness (QED) is 0.452. The van der Waals surface area contributed by atoms with Crippen molar-refractivity contribution in [2.75, 3.05) is 5.32 Å². The summed E-state index contributed by atoms with van der Waals surface area (Å²) in [6.07, 6.45) is -0.756. The molecule has 30 heavy (non-hydrogen) atoms. The van der Waals surface area contributed by atoms with Gasteiger partial charge in [0.25, 0.3) is 11.9 Å². The van der Waals surface area contributed by atoms with Gasteiger partial charge in [-0.1, -0.05) is 60.1 Å². The van der Waals surface area contributed by atoms with Crippen LogP contribution in [0.5, 0.6) is 6.01 Å². The highest BCUT2D eigenvalue weighted by Gasteiger charge is 2.20. The van der Waals surface area contributed by atoms with Gasteiger partial charge in [-0.2, -0.15) is 4.98 Å². The molecule has 1 amide bonds. The van der Waals surface area contributed by atoms with Gasteiger partial charge in [0.05, 0.1) is 28.3 Å². The molecule has 4 rings (SSSR count). The van der Waals surface area contributed by atoms with Crippen molar-refractivity contribution in [1.82, 2.24) is 9.55 Å². The molecular weight excluding hydrogens is 398 g/mol. The summed E-state index contributed by atoms with van der Waals surface area (Å²) in [7, 11) is 0. The number of para-hydroxylation sites is 2. The van der Waals surface area contributed by atoms with E-state index in [0.717, 1.165) is 22.2 Å². The average molecular weight is 420 g/mol. The molecule has 4 aromatic rings. The highest BCUT2D eigenvalue weighted by atomic mass is 35.5. The maximum absolute atomic E-state index is 12.7. The molecular formula is C24H22ClN3O2. The van der Waals surface area contributed by atoms with E-state index < -0.39 is 6.10 Å². The number of rotatable bonds is 6. The zero-order chi connectivity index (χ0) is 21.1. The van der Waals surface area contributed by atoms with E-state index in [-0.39, 0.29) is 5.91 Å². The molecule has 0 saturated carbocycles. The molecule has 0 fully saturated rings. The lowest BCUT2D eigenvalue weighted by molar-refractivity contribution is -0.122. The third kappa shape index (κ3) is 4.31. The smallest absolute Gasteiger partial charge is 0.298 e. The van der Waals surface area contributed by atoms with E-state index in [0.29, 0.717) is 23.3 Å². The summed E-state index contributed by atoms with van der Waals surface area (Å²) in [6.45, 7) is 4.24. The monoisotopic (exact) mass is 419 g/mol. The van der Waals surface area contributed by atoms with Crippen LogP contribution in [0.15, 0.2) is 72.8 Å². The Bertz CT molecular complexity index is 1190. The Morgan fingerprint density at radius 3 is 2.60 bits per heavy atom. The Kier molecular flexibility index (Phi) is 5.72. The number of anilines is 1. The Morgan fingerprint density at radius 1 is 1.10 bits per heavy atom. The molecule has 0 saturated heterocycles. The summed E-state index contributed by atoms with van der Waals surface area (Å²) in [6, 6.07) is 23.8. The molecule has 0 spiro atoms. The summed E-state index contributed by atoms with van der Waals surface area (Å²) < 4.78 is 7.98. The fourth-order valence-corrected chi connectivity index (χ4v) is 3.51. The van der Waals surface area contributed by atoms with Gasteiger partial charge in [0.2, 0.25) is 0 Å². The molecule has 0 unspecified atom stereocenters. The fraction of sp³-hybridized carbons (Fsp3) is 0.167. The Hall–Kier alpha value is -3.31. The van der Waals surface area contributed by atoms with Gasteiger partial charge in [0, 0.05) is 0 Å². The van der Waals surface area contributed by atoms with Crippen molar-refractivity contribution in [1.29, 1.82) is 0 Å². The molecule has 3 aromatic carbocycles. The minimum Gasteiger partial charge on any atom is -0.451 e. The van der Waals surface area contributed by atoms with E-state index >= 15 is 0 Å². The molecule has 1 N–H and O–H groups in total. The van der Waals surface area contributed by atoms with E-state index in [1.807, 2.05) is 78.2 Å². The molecule has 0 aliphatic carbocycles. The highest BCUT2D eigenvalue weighted by Crippen LogP contribution is 2.25. The van der Waals surface area contributed by atoms with E-state index in [9.17, 15) is 4.79 Å². The molecule has 1 heterocycles. The van der Waals surface area contributed by atoms with E-state index in [4.69, 9.17) is 16.3 Å². The fourth-order valence-electron chi connectivity index (χ4n) is 3.23. The van der Waals surface area contributed by atoms with E-state index in [2.05, 4.69) is 10.3 Å². The number of hydrogen-bond donors (Lipinski definition) is 1. The van der Waals surface area contributed by atoms with Crippen LogP contribution in [-0.4, -0.2) is 21.6 Å². The van der Waals surface area contributed by atoms with Gasteiger partial charge in [0.1, 0.15) is 0 Å². The van der Waals surface area contributed by atoms with Crippen LogP contribution < -0.4 is 10.1 Å². The second kappa shape index (κ2) is 8.59. The second-order valence-electron chi connectivity index (χ2n) is 7.19. The van der Waals surface area contributed by atoms with Crippen molar-refractivity contribution in [3.05, 3.63) is 88.9 Å². The molecule has 0 radical (unpaired) electrons. The second-order valence-corrected chi connectivity index (χ2v) is 7.59. The SMILES string of the molecule is Cc1ccc(NC(=O)[C@H](C)Oc2nc3ccccc3n2Cc2ccccc2)c(Cl)c1. The van der Waals surface area contributed by atoms with Crippen molar-refractivity contribution in [2.24, 2.45) is 0 Å². The summed E-state index contributed by atoms with van der Waals surface area (Å²) in [5, 5.41) is 3.32. The van der Waals surface area contributed by atoms with Crippen molar-refractivity contribution < 1.29 is 9.53 Å². The van der Waals surface area contributed by atoms with Crippen LogP contribution in [0.4, 0.5) is 5.69 Å². The Labute approximate surface area is 180 Å². The maximum Gasteiger partial charge on any atom is 0.298 e. The van der Waals surface area contributed by atoms with Crippen LogP contribution in [0.1, 0.15) is 18.1 Å². The Morgan fingerprint density at radius 2 is 1.83 bits per heavy atom. The van der Waals surface area contributed by atoms with Gasteiger partial charge >= 0.3 is 0 Å². The summed E-state index contributed by atoms with van der Waals surface area (Å²) in [5.74, 6) is -0.293. The summed E-state index contributed by atoms with van der Waals surface area (Å²) >= 11 is 6.24. The summed E-state index contributed by atoms with van der Waals surface area (Å²) in [5.41, 5.74) is 4.47. The lowest BCUT2D eigenvalue weighted by Gasteiger charge is -2.16. The highest BCUT2D eigenvalue weighted by molar-refractivity contribution is 6.33. The standard InChI is InChI=1S/C24H22ClN3O2/c1-16-12-13-20(19(25)14-16)26-23(29)17(2)30-24-27-21-10-6-7-11-22(21)28(24)15-18-8-4-3-5-9-18/h3-14,17H,15H2,1-2H3,(H,26,29)/t17-/m0/s1. The van der Waals surface area contributed by atoms with E-state index in [1.54, 1.807) is 13.0 Å². The number of carbonyl (C=O) groups is 1. The van der Waals surface area contributed by atoms with Crippen molar-refractivity contribution in [2.45, 2.75) is 26.5 Å². The van der Waals surface area contributed by atoms with Crippen LogP contribution >= 0.6 is 11.6 Å². The van der Waals surface area contributed by atoms with Gasteiger partial charge in [-0.15, -0.1) is 0 Å². The number of halogens is 1. The van der Waals surface area contributed by atoms with Crippen molar-refractivity contribution in [3.8, 4) is 6.01 Å². The third-order valence-electron chi connectivity index (χ3n) is 4.84. The number of ether oxygens (including phenoxy) is 1. The van der Waals surface area contributed by atoms with Gasteiger partial charge in [0.15, 0.2) is 6.10 Å². The van der Waals surface area contributed by atoms with Gasteiger partial charge in [-0.25, -0.2) is 0 Å². The minimum atomic E-state index is -0.756. The largest absolute Gasteiger partial charge is 0.451 e. The molecule has 0 bridgehead atoms. The molecule has 0 aliphatic heterocycles. The number of imidazole rings is 1. The van der Waals surface area contributed by atoms with Crippen LogP contribution in [0.2, 0.25) is 5.02 Å². The zero-order valence-electron chi connectivity index (χ0n) is 16.8. The number of hydrogen-bond acceptors (Lipinski definition) is 3. The van der Waals surface area contributed by atoms with Crippen LogP contribution in [0, 0.1) is 6.92 Å². The molecule has 6 heteroatoms. The number of aryl methyl sites for hydroxylation is 1. The number of carbonyl (C=O) groups excluding carboxylic acids is 1. The Balaban J connectivity index is 1.58. The lowest BCUT2D eigenvalue weighted by Crippen LogP contribution is -2.31. The van der Waals surface area contributed by atoms with E-state index in [1.165, 1.54) is 0 Å². The first-order valence-corrected chi connectivity index (χ1v) is 10.1. The third-order valence-corrected chi connectivity index (χ3v) is 5.15. The van der Waals surface area contributed by atoms with Gasteiger partial charge in [-0.05, 0) is 49.2 Å². The predicted octanol–water partition coefficient (Wildman–Crippen LogP) is 5.45. The molecule has 152 valence electrons. The number of nitrogens with zero attached hydrogens (tertiary/aromatic N) is 2. The molecule has 5 nitrogen and oxygen atoms in total.